The molecule has 0 radical (unpaired) electrons. The van der Waals surface area contributed by atoms with Crippen LogP contribution < -0.4 is 10.5 Å². The van der Waals surface area contributed by atoms with E-state index in [0.717, 1.165) is 0 Å². The number of nitrogens with zero attached hydrogens (tertiary/aromatic N) is 4. The topological polar surface area (TPSA) is 112 Å². The van der Waals surface area contributed by atoms with Gasteiger partial charge in [-0.3, -0.25) is 9.89 Å². The molecule has 3 N–H and O–H groups in total. The van der Waals surface area contributed by atoms with Gasteiger partial charge in [-0.25, -0.2) is 14.4 Å². The molecule has 0 aliphatic carbocycles. The van der Waals surface area contributed by atoms with Crippen molar-refractivity contribution in [3.63, 3.8) is 0 Å². The highest BCUT2D eigenvalue weighted by Gasteiger charge is 2.29. The van der Waals surface area contributed by atoms with Crippen LogP contribution in [0, 0.1) is 12.7 Å². The first kappa shape index (κ1) is 15.8. The molecule has 3 heterocycles. The first-order valence-corrected chi connectivity index (χ1v) is 8.17. The number of benzene rings is 1. The van der Waals surface area contributed by atoms with Crippen molar-refractivity contribution in [2.75, 3.05) is 6.61 Å². The third kappa shape index (κ3) is 2.49. The molecule has 1 aromatic carbocycles. The number of ether oxygens (including phenoxy) is 1. The Morgan fingerprint density at radius 1 is 1.44 bits per heavy atom. The van der Waals surface area contributed by atoms with E-state index < -0.39 is 11.7 Å². The summed E-state index contributed by atoms with van der Waals surface area (Å²) in [6.45, 7) is 2.40. The number of primary amides is 1. The van der Waals surface area contributed by atoms with Crippen LogP contribution in [0.4, 0.5) is 4.39 Å². The molecular weight excluding hydrogens is 395 g/mol. The van der Waals surface area contributed by atoms with E-state index in [0.29, 0.717) is 41.0 Å². The molecule has 0 spiro atoms. The van der Waals surface area contributed by atoms with E-state index in [1.54, 1.807) is 17.6 Å². The molecule has 0 saturated heterocycles. The molecule has 1 aliphatic heterocycles. The highest BCUT2D eigenvalue weighted by molar-refractivity contribution is 9.10. The van der Waals surface area contributed by atoms with Crippen LogP contribution in [0.3, 0.4) is 0 Å². The van der Waals surface area contributed by atoms with Crippen LogP contribution in [0.15, 0.2) is 16.6 Å². The van der Waals surface area contributed by atoms with Crippen molar-refractivity contribution in [2.24, 2.45) is 5.73 Å². The van der Waals surface area contributed by atoms with E-state index >= 15 is 0 Å². The third-order valence-corrected chi connectivity index (χ3v) is 4.45. The number of H-pyrrole nitrogens is 1. The van der Waals surface area contributed by atoms with E-state index in [4.69, 9.17) is 10.5 Å². The van der Waals surface area contributed by atoms with Crippen molar-refractivity contribution in [2.45, 2.75) is 13.5 Å². The van der Waals surface area contributed by atoms with Crippen molar-refractivity contribution >= 4 is 21.8 Å². The van der Waals surface area contributed by atoms with Gasteiger partial charge in [0.2, 0.25) is 0 Å². The van der Waals surface area contributed by atoms with Crippen LogP contribution in [0.2, 0.25) is 0 Å². The summed E-state index contributed by atoms with van der Waals surface area (Å²) in [5.74, 6) is 0.559. The zero-order valence-electron chi connectivity index (χ0n) is 13.0. The van der Waals surface area contributed by atoms with Crippen LogP contribution in [-0.2, 0) is 6.54 Å². The number of imidazole rings is 1. The fourth-order valence-corrected chi connectivity index (χ4v) is 3.14. The average Bonchev–Trinajstić information content (AvgIpc) is 3.10. The zero-order chi connectivity index (χ0) is 17.7. The van der Waals surface area contributed by atoms with Gasteiger partial charge < -0.3 is 15.0 Å². The quantitative estimate of drug-likeness (QED) is 0.675. The number of amides is 1. The normalized spacial score (nSPS) is 12.9. The summed E-state index contributed by atoms with van der Waals surface area (Å²) in [5.41, 5.74) is 6.51. The molecule has 0 saturated carbocycles. The molecule has 8 nitrogen and oxygen atoms in total. The van der Waals surface area contributed by atoms with Crippen LogP contribution in [0.1, 0.15) is 16.3 Å². The van der Waals surface area contributed by atoms with Crippen molar-refractivity contribution in [1.29, 1.82) is 0 Å². The van der Waals surface area contributed by atoms with E-state index in [1.165, 1.54) is 6.07 Å². The van der Waals surface area contributed by atoms with Gasteiger partial charge in [-0.15, -0.1) is 0 Å². The number of carbonyl (C=O) groups excluding carboxylic acids is 1. The van der Waals surface area contributed by atoms with Gasteiger partial charge in [0.1, 0.15) is 35.5 Å². The average molecular weight is 407 g/mol. The van der Waals surface area contributed by atoms with Crippen LogP contribution in [0.25, 0.3) is 22.9 Å². The number of carbonyl (C=O) groups is 1. The summed E-state index contributed by atoms with van der Waals surface area (Å²) in [4.78, 5) is 20.6. The lowest BCUT2D eigenvalue weighted by Crippen LogP contribution is -2.15. The fourth-order valence-electron chi connectivity index (χ4n) is 2.79. The lowest BCUT2D eigenvalue weighted by Gasteiger charge is -2.07. The van der Waals surface area contributed by atoms with Crippen molar-refractivity contribution < 1.29 is 13.9 Å². The monoisotopic (exact) mass is 406 g/mol. The predicted octanol–water partition coefficient (Wildman–Crippen LogP) is 2.04. The predicted molar refractivity (Wildman–Crippen MR) is 89.4 cm³/mol. The molecular formula is C15H12BrFN6O2. The Hall–Kier alpha value is -2.75. The number of aromatic amines is 1. The Kier molecular flexibility index (Phi) is 3.57. The molecule has 0 unspecified atom stereocenters. The second-order valence-corrected chi connectivity index (χ2v) is 6.36. The molecule has 25 heavy (non-hydrogen) atoms. The number of aryl methyl sites for hydroxylation is 1. The number of hydrogen-bond acceptors (Lipinski definition) is 5. The fraction of sp³-hybridized carbons (Fsp3) is 0.200. The molecule has 1 aliphatic rings. The highest BCUT2D eigenvalue weighted by atomic mass is 79.9. The summed E-state index contributed by atoms with van der Waals surface area (Å²) < 4.78 is 21.5. The zero-order valence-corrected chi connectivity index (χ0v) is 14.6. The Labute approximate surface area is 149 Å². The summed E-state index contributed by atoms with van der Waals surface area (Å²) in [6.07, 6.45) is 0. The standard InChI is InChI=1S/C15H12BrFN6O2/c1-6-19-14(22-21-6)12-11(13(18)24)20-15-7-4-8(16)9(17)5-10(7)25-3-2-23(12)15/h4-5H,2-3H2,1H3,(H2,18,24)(H,19,21,22). The minimum Gasteiger partial charge on any atom is -0.491 e. The lowest BCUT2D eigenvalue weighted by atomic mass is 10.2. The van der Waals surface area contributed by atoms with Gasteiger partial charge in [-0.2, -0.15) is 5.10 Å². The minimum absolute atomic E-state index is 0.0577. The Morgan fingerprint density at radius 2 is 2.24 bits per heavy atom. The SMILES string of the molecule is Cc1nc(-c2c(C(N)=O)nc3n2CCOc2cc(F)c(Br)cc2-3)n[nH]1. The number of rotatable bonds is 2. The van der Waals surface area contributed by atoms with E-state index in [-0.39, 0.29) is 16.8 Å². The molecule has 10 heteroatoms. The first-order valence-electron chi connectivity index (χ1n) is 7.37. The number of nitrogens with two attached hydrogens (primary N) is 1. The molecule has 2 aromatic heterocycles. The molecule has 0 atom stereocenters. The minimum atomic E-state index is -0.693. The third-order valence-electron chi connectivity index (χ3n) is 3.85. The van der Waals surface area contributed by atoms with Crippen molar-refractivity contribution in [1.82, 2.24) is 24.7 Å². The largest absolute Gasteiger partial charge is 0.491 e. The lowest BCUT2D eigenvalue weighted by molar-refractivity contribution is 0.0996. The molecule has 0 fully saturated rings. The second kappa shape index (κ2) is 5.66. The number of hydrogen-bond donors (Lipinski definition) is 2. The summed E-state index contributed by atoms with van der Waals surface area (Å²) in [6, 6.07) is 2.84. The van der Waals surface area contributed by atoms with Crippen LogP contribution >= 0.6 is 15.9 Å². The molecule has 128 valence electrons. The van der Waals surface area contributed by atoms with Crippen molar-refractivity contribution in [3.05, 3.63) is 33.9 Å². The van der Waals surface area contributed by atoms with Gasteiger partial charge in [0, 0.05) is 6.07 Å². The maximum atomic E-state index is 13.8. The van der Waals surface area contributed by atoms with E-state index in [9.17, 15) is 9.18 Å². The maximum Gasteiger partial charge on any atom is 0.269 e. The van der Waals surface area contributed by atoms with Gasteiger partial charge in [0.05, 0.1) is 16.6 Å². The number of nitrogens with one attached hydrogen (secondary N) is 1. The Bertz CT molecular complexity index is 1010. The van der Waals surface area contributed by atoms with Crippen molar-refractivity contribution in [3.8, 4) is 28.7 Å². The van der Waals surface area contributed by atoms with Gasteiger partial charge in [-0.05, 0) is 28.9 Å². The molecule has 1 amide bonds. The number of halogens is 2. The van der Waals surface area contributed by atoms with Gasteiger partial charge >= 0.3 is 0 Å². The van der Waals surface area contributed by atoms with E-state index in [1.807, 2.05) is 0 Å². The van der Waals surface area contributed by atoms with Crippen LogP contribution in [0.5, 0.6) is 5.75 Å². The first-order chi connectivity index (χ1) is 12.0. The van der Waals surface area contributed by atoms with Gasteiger partial charge in [-0.1, -0.05) is 0 Å². The maximum absolute atomic E-state index is 13.8. The van der Waals surface area contributed by atoms with Crippen LogP contribution in [-0.4, -0.2) is 37.2 Å². The summed E-state index contributed by atoms with van der Waals surface area (Å²) in [5, 5.41) is 6.85. The highest BCUT2D eigenvalue weighted by Crippen LogP contribution is 2.38. The molecule has 3 aromatic rings. The van der Waals surface area contributed by atoms with E-state index in [2.05, 4.69) is 36.1 Å². The second-order valence-electron chi connectivity index (χ2n) is 5.50. The summed E-state index contributed by atoms with van der Waals surface area (Å²) in [7, 11) is 0. The Morgan fingerprint density at radius 3 is 2.92 bits per heavy atom. The Balaban J connectivity index is 2.02. The number of aromatic nitrogens is 5. The van der Waals surface area contributed by atoms with Gasteiger partial charge in [0.25, 0.3) is 5.91 Å². The summed E-state index contributed by atoms with van der Waals surface area (Å²) >= 11 is 3.17. The smallest absolute Gasteiger partial charge is 0.269 e. The molecule has 0 bridgehead atoms. The van der Waals surface area contributed by atoms with Gasteiger partial charge in [0.15, 0.2) is 11.5 Å². The molecule has 4 rings (SSSR count). The number of fused-ring (bicyclic) bond motifs is 3.